The Morgan fingerprint density at radius 1 is 1.59 bits per heavy atom. The molecule has 0 spiro atoms. The predicted molar refractivity (Wildman–Crippen MR) is 71.9 cm³/mol. The van der Waals surface area contributed by atoms with Crippen LogP contribution in [0.3, 0.4) is 0 Å². The number of nitrogens with two attached hydrogens (primary N) is 1. The fourth-order valence-electron chi connectivity index (χ4n) is 1.28. The van der Waals surface area contributed by atoms with Crippen molar-refractivity contribution in [1.82, 2.24) is 14.8 Å². The molecule has 5 nitrogen and oxygen atoms in total. The highest BCUT2D eigenvalue weighted by Gasteiger charge is 2.07. The molecule has 0 fully saturated rings. The molecule has 0 saturated carbocycles. The van der Waals surface area contributed by atoms with Crippen molar-refractivity contribution in [2.24, 2.45) is 7.05 Å². The lowest BCUT2D eigenvalue weighted by Crippen LogP contribution is -2.12. The van der Waals surface area contributed by atoms with Gasteiger partial charge >= 0.3 is 5.69 Å². The number of H-pyrrole nitrogens is 1. The van der Waals surface area contributed by atoms with Gasteiger partial charge in [-0.05, 0) is 17.7 Å². The molecule has 90 valence electrons. The summed E-state index contributed by atoms with van der Waals surface area (Å²) in [5.41, 5.74) is 7.29. The highest BCUT2D eigenvalue weighted by Crippen LogP contribution is 2.26. The fraction of sp³-hybridized carbons (Fsp3) is 0.200. The number of nitrogens with zero attached hydrogens (tertiary/aromatic N) is 2. The van der Waals surface area contributed by atoms with Crippen LogP contribution >= 0.6 is 27.7 Å². The lowest BCUT2D eigenvalue weighted by atomic mass is 10.2. The third kappa shape index (κ3) is 2.73. The summed E-state index contributed by atoms with van der Waals surface area (Å²) in [5, 5.41) is 6.99. The number of thioether (sulfide) groups is 1. The van der Waals surface area contributed by atoms with Crippen LogP contribution in [0.2, 0.25) is 0 Å². The van der Waals surface area contributed by atoms with Crippen molar-refractivity contribution < 1.29 is 0 Å². The Bertz CT molecular complexity index is 592. The first-order valence-electron chi connectivity index (χ1n) is 4.86. The molecule has 0 amide bonds. The van der Waals surface area contributed by atoms with Gasteiger partial charge in [-0.2, -0.15) is 0 Å². The van der Waals surface area contributed by atoms with E-state index in [2.05, 4.69) is 26.1 Å². The van der Waals surface area contributed by atoms with Gasteiger partial charge in [-0.3, -0.25) is 4.57 Å². The van der Waals surface area contributed by atoms with Crippen molar-refractivity contribution in [3.05, 3.63) is 38.7 Å². The molecule has 3 N–H and O–H groups in total. The van der Waals surface area contributed by atoms with E-state index in [0.29, 0.717) is 5.16 Å². The van der Waals surface area contributed by atoms with Crippen molar-refractivity contribution >= 4 is 33.4 Å². The van der Waals surface area contributed by atoms with Crippen LogP contribution in [0.4, 0.5) is 5.69 Å². The Balaban J connectivity index is 2.12. The molecule has 1 aromatic heterocycles. The molecular weight excluding hydrogens is 304 g/mol. The molecule has 2 rings (SSSR count). The Morgan fingerprint density at radius 3 is 2.94 bits per heavy atom. The topological polar surface area (TPSA) is 76.7 Å². The van der Waals surface area contributed by atoms with Gasteiger partial charge in [-0.15, -0.1) is 5.10 Å². The second-order valence-corrected chi connectivity index (χ2v) is 5.31. The van der Waals surface area contributed by atoms with Crippen LogP contribution in [0, 0.1) is 0 Å². The van der Waals surface area contributed by atoms with E-state index in [9.17, 15) is 4.79 Å². The van der Waals surface area contributed by atoms with Crippen LogP contribution in [0.25, 0.3) is 0 Å². The first kappa shape index (κ1) is 12.3. The summed E-state index contributed by atoms with van der Waals surface area (Å²) in [5.74, 6) is 0.721. The summed E-state index contributed by atoms with van der Waals surface area (Å²) < 4.78 is 2.45. The number of nitrogens with one attached hydrogen (secondary N) is 1. The van der Waals surface area contributed by atoms with E-state index < -0.39 is 0 Å². The number of aromatic amines is 1. The molecule has 0 atom stereocenters. The largest absolute Gasteiger partial charge is 0.399 e. The number of halogens is 1. The number of nitrogen functional groups attached to an aromatic ring is 1. The van der Waals surface area contributed by atoms with Gasteiger partial charge in [0.15, 0.2) is 5.16 Å². The highest BCUT2D eigenvalue weighted by molar-refractivity contribution is 9.10. The minimum atomic E-state index is -0.205. The molecule has 0 radical (unpaired) electrons. The summed E-state index contributed by atoms with van der Waals surface area (Å²) in [6.07, 6.45) is 0. The van der Waals surface area contributed by atoms with Crippen LogP contribution in [0.5, 0.6) is 0 Å². The quantitative estimate of drug-likeness (QED) is 0.668. The second kappa shape index (κ2) is 4.97. The SMILES string of the molecule is Cn1c(SCc2ccc(N)cc2Br)n[nH]c1=O. The Hall–Kier alpha value is -1.21. The highest BCUT2D eigenvalue weighted by atomic mass is 79.9. The summed E-state index contributed by atoms with van der Waals surface area (Å²) >= 11 is 4.95. The van der Waals surface area contributed by atoms with Crippen molar-refractivity contribution in [2.75, 3.05) is 5.73 Å². The van der Waals surface area contributed by atoms with Gasteiger partial charge in [0.05, 0.1) is 0 Å². The van der Waals surface area contributed by atoms with Gasteiger partial charge in [0, 0.05) is 23.0 Å². The van der Waals surface area contributed by atoms with Crippen LogP contribution in [0.1, 0.15) is 5.56 Å². The number of rotatable bonds is 3. The molecule has 0 aliphatic rings. The van der Waals surface area contributed by atoms with Crippen LogP contribution in [-0.2, 0) is 12.8 Å². The first-order chi connectivity index (χ1) is 8.08. The van der Waals surface area contributed by atoms with Crippen LogP contribution in [0.15, 0.2) is 32.6 Å². The molecule has 0 unspecified atom stereocenters. The maximum atomic E-state index is 11.2. The third-order valence-electron chi connectivity index (χ3n) is 2.27. The van der Waals surface area contributed by atoms with Gasteiger partial charge in [0.2, 0.25) is 0 Å². The molecule has 7 heteroatoms. The third-order valence-corrected chi connectivity index (χ3v) is 4.09. The van der Waals surface area contributed by atoms with E-state index in [-0.39, 0.29) is 5.69 Å². The minimum absolute atomic E-state index is 0.205. The van der Waals surface area contributed by atoms with Gasteiger partial charge < -0.3 is 5.73 Å². The summed E-state index contributed by atoms with van der Waals surface area (Å²) in [6, 6.07) is 5.67. The molecule has 2 aromatic rings. The summed E-state index contributed by atoms with van der Waals surface area (Å²) in [6.45, 7) is 0. The number of anilines is 1. The maximum Gasteiger partial charge on any atom is 0.343 e. The second-order valence-electron chi connectivity index (χ2n) is 3.51. The zero-order valence-corrected chi connectivity index (χ0v) is 11.5. The molecule has 0 aliphatic heterocycles. The predicted octanol–water partition coefficient (Wildman–Crippen LogP) is 1.75. The van der Waals surface area contributed by atoms with Crippen molar-refractivity contribution in [2.45, 2.75) is 10.9 Å². The molecule has 17 heavy (non-hydrogen) atoms. The molecule has 1 heterocycles. The average Bonchev–Trinajstić information content (AvgIpc) is 2.59. The lowest BCUT2D eigenvalue weighted by Gasteiger charge is -2.04. The van der Waals surface area contributed by atoms with Gasteiger partial charge in [0.1, 0.15) is 0 Å². The molecule has 0 bridgehead atoms. The molecule has 1 aromatic carbocycles. The number of aromatic nitrogens is 3. The van der Waals surface area contributed by atoms with Crippen LogP contribution < -0.4 is 11.4 Å². The molecular formula is C10H11BrN4OS. The Labute approximate surface area is 111 Å². The van der Waals surface area contributed by atoms with Gasteiger partial charge in [-0.1, -0.05) is 33.8 Å². The average molecular weight is 315 g/mol. The molecule has 0 saturated heterocycles. The summed E-state index contributed by atoms with van der Waals surface area (Å²) in [7, 11) is 1.69. The van der Waals surface area contributed by atoms with E-state index >= 15 is 0 Å². The van der Waals surface area contributed by atoms with Crippen LogP contribution in [-0.4, -0.2) is 14.8 Å². The maximum absolute atomic E-state index is 11.2. The number of hydrogen-bond acceptors (Lipinski definition) is 4. The minimum Gasteiger partial charge on any atom is -0.399 e. The zero-order chi connectivity index (χ0) is 12.4. The normalized spacial score (nSPS) is 10.7. The smallest absolute Gasteiger partial charge is 0.343 e. The fourth-order valence-corrected chi connectivity index (χ4v) is 2.93. The van der Waals surface area contributed by atoms with Crippen molar-refractivity contribution in [3.63, 3.8) is 0 Å². The zero-order valence-electron chi connectivity index (χ0n) is 9.11. The van der Waals surface area contributed by atoms with E-state index in [1.54, 1.807) is 7.05 Å². The summed E-state index contributed by atoms with van der Waals surface area (Å²) in [4.78, 5) is 11.2. The first-order valence-corrected chi connectivity index (χ1v) is 6.64. The monoisotopic (exact) mass is 314 g/mol. The van der Waals surface area contributed by atoms with E-state index in [1.807, 2.05) is 18.2 Å². The Morgan fingerprint density at radius 2 is 2.35 bits per heavy atom. The standard InChI is InChI=1S/C10H11BrN4OS/c1-15-9(16)13-14-10(15)17-5-6-2-3-7(12)4-8(6)11/h2-4H,5,12H2,1H3,(H,13,16). The molecule has 0 aliphatic carbocycles. The van der Waals surface area contributed by atoms with E-state index in [1.165, 1.54) is 16.3 Å². The Kier molecular flexibility index (Phi) is 3.58. The van der Waals surface area contributed by atoms with Crippen molar-refractivity contribution in [1.29, 1.82) is 0 Å². The van der Waals surface area contributed by atoms with Crippen molar-refractivity contribution in [3.8, 4) is 0 Å². The lowest BCUT2D eigenvalue weighted by molar-refractivity contribution is 0.765. The van der Waals surface area contributed by atoms with Gasteiger partial charge in [0.25, 0.3) is 0 Å². The van der Waals surface area contributed by atoms with E-state index in [0.717, 1.165) is 21.5 Å². The number of hydrogen-bond donors (Lipinski definition) is 2. The number of benzene rings is 1. The van der Waals surface area contributed by atoms with E-state index in [4.69, 9.17) is 5.73 Å². The van der Waals surface area contributed by atoms with Gasteiger partial charge in [-0.25, -0.2) is 9.89 Å².